The number of nitrogens with two attached hydrogens (primary N) is 1. The van der Waals surface area contributed by atoms with Gasteiger partial charge in [-0.25, -0.2) is 4.98 Å². The van der Waals surface area contributed by atoms with Crippen molar-refractivity contribution >= 4 is 11.9 Å². The van der Waals surface area contributed by atoms with Gasteiger partial charge in [-0.2, -0.15) is 0 Å². The monoisotopic (exact) mass is 208 g/mol. The van der Waals surface area contributed by atoms with E-state index in [2.05, 4.69) is 15.3 Å². The van der Waals surface area contributed by atoms with E-state index in [9.17, 15) is 4.79 Å². The number of nitrogens with zero attached hydrogens (tertiary/aromatic N) is 1. The van der Waals surface area contributed by atoms with Crippen molar-refractivity contribution in [2.75, 3.05) is 5.32 Å². The molecule has 5 nitrogen and oxygen atoms in total. The first kappa shape index (κ1) is 10.2. The fraction of sp³-hybridized carbons (Fsp3) is 0.600. The highest BCUT2D eigenvalue weighted by Crippen LogP contribution is 2.30. The second kappa shape index (κ2) is 4.02. The minimum Gasteiger partial charge on any atom is -0.331 e. The van der Waals surface area contributed by atoms with Gasteiger partial charge < -0.3 is 10.7 Å². The molecule has 0 aromatic carbocycles. The number of rotatable bonds is 3. The van der Waals surface area contributed by atoms with Gasteiger partial charge in [0.2, 0.25) is 11.9 Å². The molecule has 1 fully saturated rings. The summed E-state index contributed by atoms with van der Waals surface area (Å²) in [7, 11) is 0. The van der Waals surface area contributed by atoms with Crippen molar-refractivity contribution in [3.63, 3.8) is 0 Å². The molecule has 1 aliphatic carbocycles. The van der Waals surface area contributed by atoms with Gasteiger partial charge in [0.25, 0.3) is 0 Å². The van der Waals surface area contributed by atoms with Crippen LogP contribution >= 0.6 is 0 Å². The molecule has 1 saturated carbocycles. The van der Waals surface area contributed by atoms with E-state index in [0.29, 0.717) is 12.4 Å². The molecule has 0 unspecified atom stereocenters. The number of H-pyrrole nitrogens is 1. The summed E-state index contributed by atoms with van der Waals surface area (Å²) in [5.41, 5.74) is 5.80. The maximum Gasteiger partial charge on any atom is 0.228 e. The number of hydrogen-bond donors (Lipinski definition) is 3. The van der Waals surface area contributed by atoms with Gasteiger partial charge in [0.05, 0.1) is 0 Å². The van der Waals surface area contributed by atoms with Crippen LogP contribution in [0.4, 0.5) is 5.95 Å². The Labute approximate surface area is 88.5 Å². The Morgan fingerprint density at radius 1 is 1.60 bits per heavy atom. The zero-order valence-corrected chi connectivity index (χ0v) is 8.62. The number of aromatic nitrogens is 2. The van der Waals surface area contributed by atoms with E-state index in [0.717, 1.165) is 25.7 Å². The van der Waals surface area contributed by atoms with Gasteiger partial charge in [0, 0.05) is 24.4 Å². The van der Waals surface area contributed by atoms with Crippen molar-refractivity contribution in [1.82, 2.24) is 9.97 Å². The highest BCUT2D eigenvalue weighted by atomic mass is 16.1. The lowest BCUT2D eigenvalue weighted by Crippen LogP contribution is -2.40. The van der Waals surface area contributed by atoms with Crippen LogP contribution in [0.1, 0.15) is 32.1 Å². The summed E-state index contributed by atoms with van der Waals surface area (Å²) in [5, 5.41) is 2.69. The Bertz CT molecular complexity index is 327. The summed E-state index contributed by atoms with van der Waals surface area (Å²) >= 11 is 0. The van der Waals surface area contributed by atoms with Crippen LogP contribution in [0.5, 0.6) is 0 Å². The van der Waals surface area contributed by atoms with E-state index in [1.165, 1.54) is 0 Å². The Morgan fingerprint density at radius 3 is 2.93 bits per heavy atom. The van der Waals surface area contributed by atoms with Crippen LogP contribution in [0.3, 0.4) is 0 Å². The van der Waals surface area contributed by atoms with E-state index in [4.69, 9.17) is 5.73 Å². The molecule has 5 heteroatoms. The van der Waals surface area contributed by atoms with Crippen LogP contribution in [-0.2, 0) is 4.79 Å². The normalized spacial score (nSPS) is 19.0. The Kier molecular flexibility index (Phi) is 2.73. The predicted molar refractivity (Wildman–Crippen MR) is 57.2 cm³/mol. The van der Waals surface area contributed by atoms with Gasteiger partial charge in [-0.15, -0.1) is 0 Å². The Balaban J connectivity index is 1.87. The largest absolute Gasteiger partial charge is 0.331 e. The second-order valence-electron chi connectivity index (χ2n) is 4.23. The van der Waals surface area contributed by atoms with Gasteiger partial charge >= 0.3 is 0 Å². The quantitative estimate of drug-likeness (QED) is 0.693. The summed E-state index contributed by atoms with van der Waals surface area (Å²) in [6.07, 6.45) is 7.80. The van der Waals surface area contributed by atoms with E-state index in [1.807, 2.05) is 0 Å². The minimum atomic E-state index is -0.295. The third-order valence-electron chi connectivity index (χ3n) is 2.87. The van der Waals surface area contributed by atoms with E-state index >= 15 is 0 Å². The van der Waals surface area contributed by atoms with Gasteiger partial charge in [-0.1, -0.05) is 12.8 Å². The molecule has 2 rings (SSSR count). The molecule has 0 aliphatic heterocycles. The van der Waals surface area contributed by atoms with Crippen LogP contribution in [0.15, 0.2) is 12.4 Å². The summed E-state index contributed by atoms with van der Waals surface area (Å²) < 4.78 is 0. The van der Waals surface area contributed by atoms with Crippen molar-refractivity contribution in [3.8, 4) is 0 Å². The molecule has 82 valence electrons. The smallest absolute Gasteiger partial charge is 0.228 e. The molecule has 0 saturated heterocycles. The molecule has 0 radical (unpaired) electrons. The fourth-order valence-electron chi connectivity index (χ4n) is 2.09. The molecule has 0 spiro atoms. The van der Waals surface area contributed by atoms with E-state index in [-0.39, 0.29) is 11.4 Å². The average Bonchev–Trinajstić information content (AvgIpc) is 2.76. The van der Waals surface area contributed by atoms with Crippen molar-refractivity contribution in [3.05, 3.63) is 12.4 Å². The maximum atomic E-state index is 11.6. The molecule has 0 bridgehead atoms. The van der Waals surface area contributed by atoms with Crippen molar-refractivity contribution in [2.24, 2.45) is 5.73 Å². The number of carbonyl (C=O) groups is 1. The number of carbonyl (C=O) groups excluding carboxylic acids is 1. The molecule has 0 atom stereocenters. The summed E-state index contributed by atoms with van der Waals surface area (Å²) in [6.45, 7) is 0. The number of imidazole rings is 1. The van der Waals surface area contributed by atoms with Gasteiger partial charge in [0.15, 0.2) is 0 Å². The summed E-state index contributed by atoms with van der Waals surface area (Å²) in [5.74, 6) is 0.427. The molecule has 1 aromatic heterocycles. The number of hydrogen-bond acceptors (Lipinski definition) is 3. The first-order valence-electron chi connectivity index (χ1n) is 5.26. The molecular weight excluding hydrogens is 192 g/mol. The van der Waals surface area contributed by atoms with E-state index in [1.54, 1.807) is 12.4 Å². The van der Waals surface area contributed by atoms with Gasteiger partial charge in [0.1, 0.15) is 0 Å². The molecule has 1 aliphatic rings. The van der Waals surface area contributed by atoms with E-state index < -0.39 is 0 Å². The molecular formula is C10H16N4O. The first-order valence-corrected chi connectivity index (χ1v) is 5.26. The summed E-state index contributed by atoms with van der Waals surface area (Å²) in [4.78, 5) is 18.4. The lowest BCUT2D eigenvalue weighted by Gasteiger charge is -2.22. The van der Waals surface area contributed by atoms with Gasteiger partial charge in [-0.3, -0.25) is 10.1 Å². The average molecular weight is 208 g/mol. The molecule has 15 heavy (non-hydrogen) atoms. The number of aromatic amines is 1. The van der Waals surface area contributed by atoms with Crippen LogP contribution in [0.2, 0.25) is 0 Å². The molecule has 1 amide bonds. The van der Waals surface area contributed by atoms with Crippen LogP contribution in [0, 0.1) is 0 Å². The third-order valence-corrected chi connectivity index (χ3v) is 2.87. The van der Waals surface area contributed by atoms with Crippen molar-refractivity contribution in [2.45, 2.75) is 37.6 Å². The Morgan fingerprint density at radius 2 is 2.33 bits per heavy atom. The highest BCUT2D eigenvalue weighted by Gasteiger charge is 2.31. The van der Waals surface area contributed by atoms with Crippen LogP contribution in [0.25, 0.3) is 0 Å². The topological polar surface area (TPSA) is 83.8 Å². The first-order chi connectivity index (χ1) is 7.18. The zero-order valence-electron chi connectivity index (χ0n) is 8.62. The molecule has 1 aromatic rings. The standard InChI is InChI=1S/C10H16N4O/c11-10(3-1-2-4-10)7-8(15)14-9-12-5-6-13-9/h5-6H,1-4,7,11H2,(H2,12,13,14,15). The minimum absolute atomic E-state index is 0.0608. The number of anilines is 1. The van der Waals surface area contributed by atoms with Gasteiger partial charge in [-0.05, 0) is 12.8 Å². The number of amides is 1. The predicted octanol–water partition coefficient (Wildman–Crippen LogP) is 1.01. The zero-order chi connectivity index (χ0) is 10.7. The lowest BCUT2D eigenvalue weighted by atomic mass is 9.94. The second-order valence-corrected chi connectivity index (χ2v) is 4.23. The van der Waals surface area contributed by atoms with Crippen LogP contribution < -0.4 is 11.1 Å². The van der Waals surface area contributed by atoms with Crippen molar-refractivity contribution in [1.29, 1.82) is 0 Å². The summed E-state index contributed by atoms with van der Waals surface area (Å²) in [6, 6.07) is 0. The molecule has 1 heterocycles. The Hall–Kier alpha value is -1.36. The fourth-order valence-corrected chi connectivity index (χ4v) is 2.09. The number of nitrogens with one attached hydrogen (secondary N) is 2. The van der Waals surface area contributed by atoms with Crippen molar-refractivity contribution < 1.29 is 4.79 Å². The molecule has 4 N–H and O–H groups in total. The SMILES string of the molecule is NC1(CC(=O)Nc2ncc[nH]2)CCCC1. The third kappa shape index (κ3) is 2.56. The van der Waals surface area contributed by atoms with Crippen LogP contribution in [-0.4, -0.2) is 21.4 Å². The lowest BCUT2D eigenvalue weighted by molar-refractivity contribution is -0.117. The maximum absolute atomic E-state index is 11.6. The highest BCUT2D eigenvalue weighted by molar-refractivity contribution is 5.89.